The van der Waals surface area contributed by atoms with E-state index in [1.165, 1.54) is 6.07 Å². The van der Waals surface area contributed by atoms with E-state index in [2.05, 4.69) is 10.3 Å². The van der Waals surface area contributed by atoms with E-state index in [1.807, 2.05) is 0 Å². The third-order valence-corrected chi connectivity index (χ3v) is 3.00. The molecule has 1 heterocycles. The Balaban J connectivity index is 2.19. The number of pyridine rings is 1. The number of nitrogens with zero attached hydrogens (tertiary/aromatic N) is 1. The topological polar surface area (TPSA) is 50.9 Å². The Bertz CT molecular complexity index is 620. The normalized spacial score (nSPS) is 10.5. The van der Waals surface area contributed by atoms with Crippen LogP contribution < -0.4 is 11.1 Å². The molecule has 0 radical (unpaired) electrons. The van der Waals surface area contributed by atoms with Gasteiger partial charge in [0.2, 0.25) is 0 Å². The Morgan fingerprint density at radius 2 is 1.89 bits per heavy atom. The molecular formula is C12H9Cl2F2N3. The molecule has 0 atom stereocenters. The Labute approximate surface area is 118 Å². The lowest BCUT2D eigenvalue weighted by molar-refractivity contribution is 0.587. The summed E-state index contributed by atoms with van der Waals surface area (Å²) in [6.45, 7) is 0.0252. The van der Waals surface area contributed by atoms with Crippen LogP contribution in [-0.4, -0.2) is 4.98 Å². The van der Waals surface area contributed by atoms with Crippen molar-refractivity contribution >= 4 is 34.8 Å². The first-order valence-electron chi connectivity index (χ1n) is 5.26. The highest BCUT2D eigenvalue weighted by Crippen LogP contribution is 2.27. The van der Waals surface area contributed by atoms with Gasteiger partial charge in [0.1, 0.15) is 23.3 Å². The highest BCUT2D eigenvalue weighted by Gasteiger charge is 2.09. The summed E-state index contributed by atoms with van der Waals surface area (Å²) in [6.07, 6.45) is 0. The third kappa shape index (κ3) is 3.24. The van der Waals surface area contributed by atoms with Gasteiger partial charge in [-0.25, -0.2) is 13.8 Å². The van der Waals surface area contributed by atoms with Crippen LogP contribution in [0.5, 0.6) is 0 Å². The van der Waals surface area contributed by atoms with E-state index in [-0.39, 0.29) is 33.8 Å². The Morgan fingerprint density at radius 3 is 2.63 bits per heavy atom. The molecule has 1 aromatic heterocycles. The maximum atomic E-state index is 13.4. The van der Waals surface area contributed by atoms with Gasteiger partial charge in [0.15, 0.2) is 0 Å². The molecule has 0 saturated heterocycles. The minimum atomic E-state index is -0.521. The number of anilines is 2. The van der Waals surface area contributed by atoms with Crippen molar-refractivity contribution in [1.82, 2.24) is 4.98 Å². The quantitative estimate of drug-likeness (QED) is 0.905. The average molecular weight is 304 g/mol. The molecule has 100 valence electrons. The maximum Gasteiger partial charge on any atom is 0.147 e. The largest absolute Gasteiger partial charge is 0.382 e. The average Bonchev–Trinajstić information content (AvgIpc) is 2.36. The van der Waals surface area contributed by atoms with Crippen molar-refractivity contribution in [1.29, 1.82) is 0 Å². The summed E-state index contributed by atoms with van der Waals surface area (Å²) in [5.74, 6) is -0.680. The summed E-state index contributed by atoms with van der Waals surface area (Å²) >= 11 is 11.6. The predicted molar refractivity (Wildman–Crippen MR) is 72.4 cm³/mol. The highest BCUT2D eigenvalue weighted by molar-refractivity contribution is 6.37. The van der Waals surface area contributed by atoms with Crippen molar-refractivity contribution in [3.8, 4) is 0 Å². The molecule has 0 amide bonds. The van der Waals surface area contributed by atoms with Crippen molar-refractivity contribution in [3.63, 3.8) is 0 Å². The molecule has 0 unspecified atom stereocenters. The number of hydrogen-bond acceptors (Lipinski definition) is 3. The maximum absolute atomic E-state index is 13.4. The van der Waals surface area contributed by atoms with Crippen molar-refractivity contribution in [2.24, 2.45) is 0 Å². The molecule has 0 aliphatic rings. The summed E-state index contributed by atoms with van der Waals surface area (Å²) in [4.78, 5) is 3.93. The molecule has 0 spiro atoms. The van der Waals surface area contributed by atoms with Gasteiger partial charge in [-0.3, -0.25) is 0 Å². The molecule has 3 N–H and O–H groups in total. The van der Waals surface area contributed by atoms with Gasteiger partial charge in [0.05, 0.1) is 10.0 Å². The minimum absolute atomic E-state index is 0.0252. The number of halogens is 4. The molecule has 0 bridgehead atoms. The smallest absolute Gasteiger partial charge is 0.147 e. The van der Waals surface area contributed by atoms with Crippen LogP contribution in [0, 0.1) is 11.6 Å². The summed E-state index contributed by atoms with van der Waals surface area (Å²) in [5, 5.41) is 3.25. The zero-order valence-electron chi connectivity index (χ0n) is 9.55. The molecule has 19 heavy (non-hydrogen) atoms. The van der Waals surface area contributed by atoms with Crippen molar-refractivity contribution in [3.05, 3.63) is 51.5 Å². The SMILES string of the molecule is Nc1nc(NCc2cc(F)ccc2F)c(Cl)cc1Cl. The van der Waals surface area contributed by atoms with Gasteiger partial charge >= 0.3 is 0 Å². The summed E-state index contributed by atoms with van der Waals surface area (Å²) in [7, 11) is 0. The second-order valence-corrected chi connectivity index (χ2v) is 4.59. The summed E-state index contributed by atoms with van der Waals surface area (Å²) in [5.41, 5.74) is 5.70. The fraction of sp³-hybridized carbons (Fsp3) is 0.0833. The van der Waals surface area contributed by atoms with E-state index in [1.54, 1.807) is 0 Å². The Hall–Kier alpha value is -1.59. The van der Waals surface area contributed by atoms with E-state index >= 15 is 0 Å². The molecular weight excluding hydrogens is 295 g/mol. The number of aromatic nitrogens is 1. The fourth-order valence-electron chi connectivity index (χ4n) is 1.46. The fourth-order valence-corrected chi connectivity index (χ4v) is 1.89. The molecule has 7 heteroatoms. The summed E-state index contributed by atoms with van der Waals surface area (Å²) in [6, 6.07) is 4.62. The number of benzene rings is 1. The molecule has 0 aliphatic carbocycles. The lowest BCUT2D eigenvalue weighted by Gasteiger charge is -2.10. The number of nitrogen functional groups attached to an aromatic ring is 1. The van der Waals surface area contributed by atoms with Crippen molar-refractivity contribution < 1.29 is 8.78 Å². The van der Waals surface area contributed by atoms with E-state index in [0.29, 0.717) is 0 Å². The molecule has 0 fully saturated rings. The van der Waals surface area contributed by atoms with E-state index in [4.69, 9.17) is 28.9 Å². The minimum Gasteiger partial charge on any atom is -0.382 e. The number of nitrogens with two attached hydrogens (primary N) is 1. The third-order valence-electron chi connectivity index (χ3n) is 2.41. The van der Waals surface area contributed by atoms with Crippen LogP contribution in [0.2, 0.25) is 10.0 Å². The highest BCUT2D eigenvalue weighted by atomic mass is 35.5. The molecule has 2 aromatic rings. The first-order valence-corrected chi connectivity index (χ1v) is 6.02. The van der Waals surface area contributed by atoms with Crippen LogP contribution in [0.25, 0.3) is 0 Å². The first-order chi connectivity index (χ1) is 8.97. The van der Waals surface area contributed by atoms with Gasteiger partial charge in [0.25, 0.3) is 0 Å². The molecule has 3 nitrogen and oxygen atoms in total. The second-order valence-electron chi connectivity index (χ2n) is 3.78. The zero-order valence-corrected chi connectivity index (χ0v) is 11.1. The van der Waals surface area contributed by atoms with E-state index in [0.717, 1.165) is 18.2 Å². The van der Waals surface area contributed by atoms with Gasteiger partial charge in [-0.2, -0.15) is 0 Å². The van der Waals surface area contributed by atoms with Crippen LogP contribution in [-0.2, 0) is 6.54 Å². The number of hydrogen-bond donors (Lipinski definition) is 2. The van der Waals surface area contributed by atoms with E-state index < -0.39 is 11.6 Å². The molecule has 0 saturated carbocycles. The van der Waals surface area contributed by atoms with Crippen LogP contribution in [0.4, 0.5) is 20.4 Å². The van der Waals surface area contributed by atoms with E-state index in [9.17, 15) is 8.78 Å². The van der Waals surface area contributed by atoms with Crippen molar-refractivity contribution in [2.45, 2.75) is 6.54 Å². The molecule has 1 aromatic carbocycles. The lowest BCUT2D eigenvalue weighted by Crippen LogP contribution is -2.06. The summed E-state index contributed by atoms with van der Waals surface area (Å²) < 4.78 is 26.4. The van der Waals surface area contributed by atoms with Gasteiger partial charge in [-0.15, -0.1) is 0 Å². The molecule has 0 aliphatic heterocycles. The van der Waals surface area contributed by atoms with Gasteiger partial charge < -0.3 is 11.1 Å². The van der Waals surface area contributed by atoms with Gasteiger partial charge in [0, 0.05) is 12.1 Å². The monoisotopic (exact) mass is 303 g/mol. The van der Waals surface area contributed by atoms with Crippen LogP contribution in [0.3, 0.4) is 0 Å². The van der Waals surface area contributed by atoms with Crippen molar-refractivity contribution in [2.75, 3.05) is 11.1 Å². The molecule has 2 rings (SSSR count). The Morgan fingerprint density at radius 1 is 1.16 bits per heavy atom. The van der Waals surface area contributed by atoms with Crippen LogP contribution >= 0.6 is 23.2 Å². The van der Waals surface area contributed by atoms with Crippen LogP contribution in [0.1, 0.15) is 5.56 Å². The number of nitrogens with one attached hydrogen (secondary N) is 1. The predicted octanol–water partition coefficient (Wildman–Crippen LogP) is 3.86. The zero-order chi connectivity index (χ0) is 14.0. The lowest BCUT2D eigenvalue weighted by atomic mass is 10.2. The Kier molecular flexibility index (Phi) is 4.07. The first kappa shape index (κ1) is 13.8. The second kappa shape index (κ2) is 5.59. The van der Waals surface area contributed by atoms with Gasteiger partial charge in [-0.1, -0.05) is 23.2 Å². The van der Waals surface area contributed by atoms with Crippen LogP contribution in [0.15, 0.2) is 24.3 Å². The standard InChI is InChI=1S/C12H9Cl2F2N3/c13-8-4-9(14)12(19-11(8)17)18-5-6-3-7(15)1-2-10(6)16/h1-4H,5H2,(H3,17,18,19). The van der Waals surface area contributed by atoms with Gasteiger partial charge in [-0.05, 0) is 24.3 Å². The number of rotatable bonds is 3.